The average Bonchev–Trinajstić information content (AvgIpc) is 1.35. The predicted octanol–water partition coefficient (Wildman–Crippen LogP) is -1.20. The second-order valence-electron chi connectivity index (χ2n) is 0.539. The Hall–Kier alpha value is 0.294. The van der Waals surface area contributed by atoms with Gasteiger partial charge in [0.2, 0.25) is 0 Å². The Labute approximate surface area is 70.8 Å². The molecule has 0 saturated heterocycles. The molecule has 0 spiro atoms. The number of hydrogen-bond acceptors (Lipinski definition) is 3. The summed E-state index contributed by atoms with van der Waals surface area (Å²) in [5, 5.41) is 15.2. The molecule has 0 amide bonds. The topological polar surface area (TPSA) is 98.3 Å². The molecule has 0 atom stereocenters. The number of carboxylic acid groups (broad SMARTS) is 1. The summed E-state index contributed by atoms with van der Waals surface area (Å²) in [6.07, 6.45) is -1.46. The van der Waals surface area contributed by atoms with Gasteiger partial charge < -0.3 is 20.4 Å². The SMILES string of the molecule is O.O=C(O)OCO.[Y]. The van der Waals surface area contributed by atoms with Crippen molar-refractivity contribution < 1.29 is 57.9 Å². The number of aliphatic hydroxyl groups excluding tert-OH is 1. The van der Waals surface area contributed by atoms with E-state index in [1.165, 1.54) is 0 Å². The molecule has 0 aliphatic carbocycles. The summed E-state index contributed by atoms with van der Waals surface area (Å²) in [6.45, 7) is -0.769. The van der Waals surface area contributed by atoms with Gasteiger partial charge in [-0.2, -0.15) is 0 Å². The number of ether oxygens (including phenoxy) is 1. The van der Waals surface area contributed by atoms with E-state index in [-0.39, 0.29) is 38.2 Å². The van der Waals surface area contributed by atoms with Gasteiger partial charge in [0.05, 0.1) is 0 Å². The monoisotopic (exact) mass is 199 g/mol. The van der Waals surface area contributed by atoms with Crippen LogP contribution in [0.25, 0.3) is 0 Å². The molecule has 0 rings (SSSR count). The molecule has 5 nitrogen and oxygen atoms in total. The summed E-state index contributed by atoms with van der Waals surface area (Å²) in [6, 6.07) is 0. The largest absolute Gasteiger partial charge is 0.507 e. The van der Waals surface area contributed by atoms with Crippen LogP contribution in [0.2, 0.25) is 0 Å². The molecule has 8 heavy (non-hydrogen) atoms. The molecule has 4 N–H and O–H groups in total. The standard InChI is InChI=1S/C2H4O4.H2O.Y/c3-1-6-2(4)5;;/h3H,1H2,(H,4,5);1H2;. The fourth-order valence-corrected chi connectivity index (χ4v) is 0.0552. The normalized spacial score (nSPS) is 5.62. The molecule has 0 aromatic heterocycles. The maximum Gasteiger partial charge on any atom is 0.507 e. The van der Waals surface area contributed by atoms with E-state index in [1.54, 1.807) is 0 Å². The van der Waals surface area contributed by atoms with Gasteiger partial charge in [-0.25, -0.2) is 4.79 Å². The van der Waals surface area contributed by atoms with Crippen LogP contribution in [0.3, 0.4) is 0 Å². The van der Waals surface area contributed by atoms with Crippen molar-refractivity contribution in [2.45, 2.75) is 0 Å². The van der Waals surface area contributed by atoms with Gasteiger partial charge >= 0.3 is 6.16 Å². The first-order chi connectivity index (χ1) is 2.77. The quantitative estimate of drug-likeness (QED) is 0.409. The molecule has 0 aliphatic rings. The molecule has 0 aromatic carbocycles. The third-order valence-corrected chi connectivity index (χ3v) is 0.188. The number of hydrogen-bond donors (Lipinski definition) is 2. The summed E-state index contributed by atoms with van der Waals surface area (Å²) in [7, 11) is 0. The van der Waals surface area contributed by atoms with Crippen molar-refractivity contribution in [3.05, 3.63) is 0 Å². The van der Waals surface area contributed by atoms with Gasteiger partial charge in [-0.3, -0.25) is 0 Å². The molecule has 47 valence electrons. The van der Waals surface area contributed by atoms with Crippen molar-refractivity contribution in [3.63, 3.8) is 0 Å². The first-order valence-electron chi connectivity index (χ1n) is 1.24. The molecule has 0 heterocycles. The summed E-state index contributed by atoms with van der Waals surface area (Å²) >= 11 is 0. The molecule has 0 fully saturated rings. The number of aliphatic hydroxyl groups is 1. The molecule has 0 unspecified atom stereocenters. The fourth-order valence-electron chi connectivity index (χ4n) is 0.0552. The minimum atomic E-state index is -1.46. The van der Waals surface area contributed by atoms with Gasteiger partial charge in [-0.05, 0) is 0 Å². The summed E-state index contributed by atoms with van der Waals surface area (Å²) in [5.74, 6) is 0. The van der Waals surface area contributed by atoms with E-state index in [0.29, 0.717) is 0 Å². The van der Waals surface area contributed by atoms with Crippen molar-refractivity contribution in [1.82, 2.24) is 0 Å². The summed E-state index contributed by atoms with van der Waals surface area (Å²) in [5.41, 5.74) is 0. The van der Waals surface area contributed by atoms with E-state index in [2.05, 4.69) is 4.74 Å². The van der Waals surface area contributed by atoms with Crippen LogP contribution in [0.4, 0.5) is 4.79 Å². The Bertz CT molecular complexity index is 54.4. The van der Waals surface area contributed by atoms with E-state index in [4.69, 9.17) is 10.2 Å². The van der Waals surface area contributed by atoms with Crippen molar-refractivity contribution in [2.75, 3.05) is 6.79 Å². The first kappa shape index (κ1) is 15.7. The Balaban J connectivity index is -0.000000125. The van der Waals surface area contributed by atoms with Crippen LogP contribution in [-0.2, 0) is 37.4 Å². The predicted molar refractivity (Wildman–Crippen MR) is 19.8 cm³/mol. The minimum Gasteiger partial charge on any atom is -0.450 e. The van der Waals surface area contributed by atoms with E-state index in [1.807, 2.05) is 0 Å². The van der Waals surface area contributed by atoms with E-state index < -0.39 is 12.9 Å². The second-order valence-corrected chi connectivity index (χ2v) is 0.539. The van der Waals surface area contributed by atoms with Gasteiger partial charge in [0.25, 0.3) is 0 Å². The third-order valence-electron chi connectivity index (χ3n) is 0.188. The van der Waals surface area contributed by atoms with Gasteiger partial charge in [-0.15, -0.1) is 0 Å². The van der Waals surface area contributed by atoms with Crippen LogP contribution in [-0.4, -0.2) is 28.6 Å². The molecule has 1 radical (unpaired) electrons. The Morgan fingerprint density at radius 3 is 2.00 bits per heavy atom. The molecular formula is C2H6O5Y. The Morgan fingerprint density at radius 2 is 2.00 bits per heavy atom. The molecular weight excluding hydrogens is 193 g/mol. The van der Waals surface area contributed by atoms with Crippen LogP contribution < -0.4 is 0 Å². The molecule has 0 aliphatic heterocycles. The van der Waals surface area contributed by atoms with Crippen molar-refractivity contribution in [2.24, 2.45) is 0 Å². The Kier molecular flexibility index (Phi) is 20.3. The number of rotatable bonds is 1. The van der Waals surface area contributed by atoms with Gasteiger partial charge in [0.1, 0.15) is 0 Å². The van der Waals surface area contributed by atoms with Gasteiger partial charge in [-0.1, -0.05) is 0 Å². The summed E-state index contributed by atoms with van der Waals surface area (Å²) in [4.78, 5) is 9.22. The molecule has 0 aromatic rings. The molecule has 0 bridgehead atoms. The fraction of sp³-hybridized carbons (Fsp3) is 0.500. The van der Waals surface area contributed by atoms with Crippen molar-refractivity contribution >= 4 is 6.16 Å². The van der Waals surface area contributed by atoms with Gasteiger partial charge in [0.15, 0.2) is 6.79 Å². The maximum absolute atomic E-state index is 9.22. The van der Waals surface area contributed by atoms with Crippen LogP contribution >= 0.6 is 0 Å². The minimum absolute atomic E-state index is 0. The zero-order valence-corrected chi connectivity index (χ0v) is 6.83. The van der Waals surface area contributed by atoms with Gasteiger partial charge in [0, 0.05) is 32.7 Å². The average molecular weight is 199 g/mol. The Morgan fingerprint density at radius 1 is 1.62 bits per heavy atom. The maximum atomic E-state index is 9.22. The second kappa shape index (κ2) is 10.3. The zero-order valence-electron chi connectivity index (χ0n) is 4.00. The number of carbonyl (C=O) groups is 1. The summed E-state index contributed by atoms with van der Waals surface area (Å²) < 4.78 is 3.51. The van der Waals surface area contributed by atoms with E-state index >= 15 is 0 Å². The zero-order chi connectivity index (χ0) is 4.99. The van der Waals surface area contributed by atoms with Crippen LogP contribution in [0.1, 0.15) is 0 Å². The first-order valence-corrected chi connectivity index (χ1v) is 1.24. The third kappa shape index (κ3) is 16.3. The van der Waals surface area contributed by atoms with Crippen LogP contribution in [0, 0.1) is 0 Å². The van der Waals surface area contributed by atoms with Crippen molar-refractivity contribution in [3.8, 4) is 0 Å². The smallest absolute Gasteiger partial charge is 0.450 e. The van der Waals surface area contributed by atoms with Crippen molar-refractivity contribution in [1.29, 1.82) is 0 Å². The van der Waals surface area contributed by atoms with E-state index in [0.717, 1.165) is 0 Å². The molecule has 0 saturated carbocycles. The van der Waals surface area contributed by atoms with Crippen LogP contribution in [0.5, 0.6) is 0 Å². The van der Waals surface area contributed by atoms with Crippen LogP contribution in [0.15, 0.2) is 0 Å². The molecule has 6 heteroatoms. The van der Waals surface area contributed by atoms with E-state index in [9.17, 15) is 4.79 Å².